The van der Waals surface area contributed by atoms with Crippen LogP contribution in [0.25, 0.3) is 11.0 Å². The van der Waals surface area contributed by atoms with Crippen molar-refractivity contribution in [1.29, 1.82) is 0 Å². The number of morpholine rings is 1. The third-order valence-corrected chi connectivity index (χ3v) is 3.03. The molecule has 3 rings (SSSR count). The predicted octanol–water partition coefficient (Wildman–Crippen LogP) is 2.44. The number of ether oxygens (including phenoxy) is 1. The lowest BCUT2D eigenvalue weighted by Gasteiger charge is -2.28. The fraction of sp³-hybridized carbons (Fsp3) is 0.385. The van der Waals surface area contributed by atoms with Crippen molar-refractivity contribution < 1.29 is 9.15 Å². The van der Waals surface area contributed by atoms with Crippen molar-refractivity contribution in [3.63, 3.8) is 0 Å². The summed E-state index contributed by atoms with van der Waals surface area (Å²) in [5, 5.41) is 1.15. The van der Waals surface area contributed by atoms with Crippen LogP contribution in [-0.4, -0.2) is 31.6 Å². The highest BCUT2D eigenvalue weighted by Crippen LogP contribution is 2.27. The summed E-state index contributed by atoms with van der Waals surface area (Å²) in [6.45, 7) is 2.68. The van der Waals surface area contributed by atoms with Gasteiger partial charge < -0.3 is 14.1 Å². The molecule has 0 saturated carbocycles. The van der Waals surface area contributed by atoms with Crippen molar-refractivity contribution in [3.05, 3.63) is 36.1 Å². The van der Waals surface area contributed by atoms with E-state index in [2.05, 4.69) is 24.1 Å². The predicted molar refractivity (Wildman–Crippen MR) is 62.4 cm³/mol. The number of rotatable bonds is 1. The molecule has 3 heteroatoms. The molecule has 3 nitrogen and oxygen atoms in total. The smallest absolute Gasteiger partial charge is 0.135 e. The summed E-state index contributed by atoms with van der Waals surface area (Å²) in [7, 11) is 2.11. The average molecular weight is 217 g/mol. The maximum Gasteiger partial charge on any atom is 0.135 e. The highest BCUT2D eigenvalue weighted by atomic mass is 16.5. The minimum Gasteiger partial charge on any atom is -0.458 e. The van der Waals surface area contributed by atoms with Crippen LogP contribution in [0.2, 0.25) is 0 Å². The van der Waals surface area contributed by atoms with Crippen molar-refractivity contribution in [2.45, 2.75) is 6.10 Å². The Morgan fingerprint density at radius 3 is 3.00 bits per heavy atom. The molecule has 1 saturated heterocycles. The van der Waals surface area contributed by atoms with E-state index < -0.39 is 0 Å². The van der Waals surface area contributed by atoms with Crippen molar-refractivity contribution in [1.82, 2.24) is 4.90 Å². The minimum atomic E-state index is 0.0751. The Hall–Kier alpha value is -1.32. The van der Waals surface area contributed by atoms with Gasteiger partial charge in [-0.25, -0.2) is 0 Å². The summed E-state index contributed by atoms with van der Waals surface area (Å²) in [5.41, 5.74) is 0.939. The second-order valence-corrected chi connectivity index (χ2v) is 4.31. The zero-order valence-electron chi connectivity index (χ0n) is 9.35. The minimum absolute atomic E-state index is 0.0751. The lowest BCUT2D eigenvalue weighted by atomic mass is 10.2. The van der Waals surface area contributed by atoms with Crippen LogP contribution in [0.5, 0.6) is 0 Å². The van der Waals surface area contributed by atoms with Gasteiger partial charge in [-0.15, -0.1) is 0 Å². The molecule has 2 aromatic rings. The number of hydrogen-bond donors (Lipinski definition) is 0. The molecule has 1 atom stereocenters. The number of benzene rings is 1. The first kappa shape index (κ1) is 9.87. The average Bonchev–Trinajstić information content (AvgIpc) is 2.72. The first-order valence-corrected chi connectivity index (χ1v) is 5.61. The highest BCUT2D eigenvalue weighted by molar-refractivity contribution is 5.77. The van der Waals surface area contributed by atoms with E-state index in [1.807, 2.05) is 18.2 Å². The van der Waals surface area contributed by atoms with E-state index in [1.165, 1.54) is 0 Å². The Bertz CT molecular complexity index is 458. The number of furan rings is 1. The normalized spacial score (nSPS) is 22.7. The van der Waals surface area contributed by atoms with Gasteiger partial charge in [0.2, 0.25) is 0 Å². The van der Waals surface area contributed by atoms with Crippen LogP contribution >= 0.6 is 0 Å². The first-order chi connectivity index (χ1) is 7.83. The molecule has 1 aromatic carbocycles. The number of likely N-dealkylation sites (N-methyl/N-ethyl adjacent to an activating group) is 1. The van der Waals surface area contributed by atoms with Gasteiger partial charge in [-0.3, -0.25) is 0 Å². The summed E-state index contributed by atoms with van der Waals surface area (Å²) in [4.78, 5) is 2.27. The molecule has 1 aliphatic heterocycles. The van der Waals surface area contributed by atoms with E-state index in [0.717, 1.165) is 36.4 Å². The molecule has 1 fully saturated rings. The van der Waals surface area contributed by atoms with Crippen molar-refractivity contribution in [3.8, 4) is 0 Å². The van der Waals surface area contributed by atoms with Gasteiger partial charge in [-0.1, -0.05) is 18.2 Å². The molecule has 16 heavy (non-hydrogen) atoms. The van der Waals surface area contributed by atoms with Gasteiger partial charge in [0.1, 0.15) is 17.4 Å². The number of nitrogens with zero attached hydrogens (tertiary/aromatic N) is 1. The SMILES string of the molecule is CN1CCOC(c2cc3ccccc3o2)C1. The molecular weight excluding hydrogens is 202 g/mol. The van der Waals surface area contributed by atoms with Crippen LogP contribution in [0.4, 0.5) is 0 Å². The molecule has 2 heterocycles. The van der Waals surface area contributed by atoms with Crippen molar-refractivity contribution in [2.75, 3.05) is 26.7 Å². The first-order valence-electron chi connectivity index (χ1n) is 5.61. The summed E-state index contributed by atoms with van der Waals surface area (Å²) >= 11 is 0. The topological polar surface area (TPSA) is 25.6 Å². The maximum atomic E-state index is 5.80. The van der Waals surface area contributed by atoms with Crippen molar-refractivity contribution >= 4 is 11.0 Å². The van der Waals surface area contributed by atoms with Crippen LogP contribution in [0.1, 0.15) is 11.9 Å². The molecule has 84 valence electrons. The van der Waals surface area contributed by atoms with E-state index in [9.17, 15) is 0 Å². The van der Waals surface area contributed by atoms with Gasteiger partial charge >= 0.3 is 0 Å². The molecule has 1 unspecified atom stereocenters. The van der Waals surface area contributed by atoms with Gasteiger partial charge in [-0.05, 0) is 19.2 Å². The molecule has 0 aliphatic carbocycles. The fourth-order valence-corrected chi connectivity index (χ4v) is 2.11. The summed E-state index contributed by atoms with van der Waals surface area (Å²) in [6, 6.07) is 10.2. The molecule has 0 amide bonds. The molecule has 0 spiro atoms. The molecule has 1 aliphatic rings. The zero-order valence-corrected chi connectivity index (χ0v) is 9.35. The lowest BCUT2D eigenvalue weighted by molar-refractivity contribution is -0.0308. The Balaban J connectivity index is 1.93. The summed E-state index contributed by atoms with van der Waals surface area (Å²) in [5.74, 6) is 0.938. The fourth-order valence-electron chi connectivity index (χ4n) is 2.11. The molecule has 0 radical (unpaired) electrons. The Morgan fingerprint density at radius 2 is 2.19 bits per heavy atom. The van der Waals surface area contributed by atoms with Crippen LogP contribution in [0.15, 0.2) is 34.7 Å². The van der Waals surface area contributed by atoms with Crippen molar-refractivity contribution in [2.24, 2.45) is 0 Å². The second kappa shape index (κ2) is 3.92. The number of para-hydroxylation sites is 1. The van der Waals surface area contributed by atoms with Gasteiger partial charge in [0, 0.05) is 18.5 Å². The van der Waals surface area contributed by atoms with Crippen LogP contribution in [0.3, 0.4) is 0 Å². The summed E-state index contributed by atoms with van der Waals surface area (Å²) in [6.07, 6.45) is 0.0751. The maximum absolute atomic E-state index is 5.80. The second-order valence-electron chi connectivity index (χ2n) is 4.31. The van der Waals surface area contributed by atoms with E-state index in [-0.39, 0.29) is 6.10 Å². The van der Waals surface area contributed by atoms with Gasteiger partial charge in [0.15, 0.2) is 0 Å². The third kappa shape index (κ3) is 1.72. The third-order valence-electron chi connectivity index (χ3n) is 3.03. The van der Waals surface area contributed by atoms with E-state index in [1.54, 1.807) is 0 Å². The largest absolute Gasteiger partial charge is 0.458 e. The molecule has 0 N–H and O–H groups in total. The standard InChI is InChI=1S/C13H15NO2/c1-14-6-7-15-13(9-14)12-8-10-4-2-3-5-11(10)16-12/h2-5,8,13H,6-7,9H2,1H3. The van der Waals surface area contributed by atoms with E-state index in [4.69, 9.17) is 9.15 Å². The molecular formula is C13H15NO2. The lowest BCUT2D eigenvalue weighted by Crippen LogP contribution is -2.35. The van der Waals surface area contributed by atoms with Crippen LogP contribution in [-0.2, 0) is 4.74 Å². The Labute approximate surface area is 94.6 Å². The molecule has 0 bridgehead atoms. The van der Waals surface area contributed by atoms with Crippen LogP contribution < -0.4 is 0 Å². The van der Waals surface area contributed by atoms with Gasteiger partial charge in [0.05, 0.1) is 6.61 Å². The van der Waals surface area contributed by atoms with E-state index >= 15 is 0 Å². The monoisotopic (exact) mass is 217 g/mol. The van der Waals surface area contributed by atoms with Gasteiger partial charge in [0.25, 0.3) is 0 Å². The zero-order chi connectivity index (χ0) is 11.0. The van der Waals surface area contributed by atoms with Gasteiger partial charge in [-0.2, -0.15) is 0 Å². The quantitative estimate of drug-likeness (QED) is 0.733. The highest BCUT2D eigenvalue weighted by Gasteiger charge is 2.22. The van der Waals surface area contributed by atoms with E-state index in [0.29, 0.717) is 0 Å². The number of hydrogen-bond acceptors (Lipinski definition) is 3. The summed E-state index contributed by atoms with van der Waals surface area (Å²) < 4.78 is 11.5. The Morgan fingerprint density at radius 1 is 1.31 bits per heavy atom. The van der Waals surface area contributed by atoms with Crippen LogP contribution in [0, 0.1) is 0 Å². The Kier molecular flexibility index (Phi) is 2.42. The molecule has 1 aromatic heterocycles. The number of fused-ring (bicyclic) bond motifs is 1.